The van der Waals surface area contributed by atoms with Crippen LogP contribution in [0.2, 0.25) is 0 Å². The molecule has 3 aliphatic carbocycles. The van der Waals surface area contributed by atoms with Crippen molar-refractivity contribution in [2.45, 2.75) is 148 Å². The van der Waals surface area contributed by atoms with Crippen molar-refractivity contribution < 1.29 is 37.2 Å². The zero-order valence-electron chi connectivity index (χ0n) is 30.5. The summed E-state index contributed by atoms with van der Waals surface area (Å²) in [4.78, 5) is 83.2. The molecule has 0 spiro atoms. The molecule has 0 aromatic rings. The lowest BCUT2D eigenvalue weighted by atomic mass is 9.82. The Hall–Kier alpha value is -3.07. The molecule has 50 heavy (non-hydrogen) atoms. The zero-order chi connectivity index (χ0) is 37.0. The first-order chi connectivity index (χ1) is 23.4. The first-order valence-electron chi connectivity index (χ1n) is 18.4. The van der Waals surface area contributed by atoms with Gasteiger partial charge < -0.3 is 26.2 Å². The van der Waals surface area contributed by atoms with Crippen LogP contribution in [0, 0.1) is 23.2 Å². The summed E-state index contributed by atoms with van der Waals surface area (Å²) in [5, 5.41) is 11.3. The summed E-state index contributed by atoms with van der Waals surface area (Å²) < 4.78 is 25.8. The first kappa shape index (κ1) is 39.7. The van der Waals surface area contributed by atoms with E-state index in [1.54, 1.807) is 4.90 Å². The second-order valence-electron chi connectivity index (χ2n) is 16.1. The van der Waals surface area contributed by atoms with Crippen LogP contribution in [0.25, 0.3) is 0 Å². The molecule has 1 heterocycles. The molecule has 4 fully saturated rings. The van der Waals surface area contributed by atoms with Crippen molar-refractivity contribution in [2.24, 2.45) is 23.2 Å². The SMILES string of the molecule is CCC[C@H](NC(=O)[C@@H]1[C@H]2CCC[C@H]2CN1C(=O)[C@@H](NC(=O)[C@@H](NC(=O)[C@@H](C)NS(C)(=O)=O)C1CCCCC1)C(C)(C)C)C(=O)C(=O)NC1CC1. The minimum absolute atomic E-state index is 0.00486. The maximum Gasteiger partial charge on any atom is 0.289 e. The number of nitrogens with one attached hydrogen (secondary N) is 5. The fourth-order valence-corrected chi connectivity index (χ4v) is 8.64. The number of hydrogen-bond acceptors (Lipinski definition) is 8. The summed E-state index contributed by atoms with van der Waals surface area (Å²) in [5.74, 6) is -3.73. The number of carbonyl (C=O) groups excluding carboxylic acids is 6. The Morgan fingerprint density at radius 3 is 2.08 bits per heavy atom. The third-order valence-corrected chi connectivity index (χ3v) is 11.5. The molecule has 1 aliphatic heterocycles. The number of nitrogens with zero attached hydrogens (tertiary/aromatic N) is 1. The number of fused-ring (bicyclic) bond motifs is 1. The van der Waals surface area contributed by atoms with Gasteiger partial charge in [-0.15, -0.1) is 0 Å². The van der Waals surface area contributed by atoms with Crippen molar-refractivity contribution in [1.29, 1.82) is 0 Å². The highest BCUT2D eigenvalue weighted by atomic mass is 32.2. The van der Waals surface area contributed by atoms with Crippen molar-refractivity contribution >= 4 is 45.3 Å². The van der Waals surface area contributed by atoms with Crippen molar-refractivity contribution in [3.8, 4) is 0 Å². The second-order valence-corrected chi connectivity index (χ2v) is 17.8. The monoisotopic (exact) mass is 722 g/mol. The van der Waals surface area contributed by atoms with E-state index in [-0.39, 0.29) is 30.2 Å². The van der Waals surface area contributed by atoms with Crippen LogP contribution in [0.3, 0.4) is 0 Å². The average Bonchev–Trinajstić information content (AvgIpc) is 3.60. The van der Waals surface area contributed by atoms with E-state index >= 15 is 0 Å². The van der Waals surface area contributed by atoms with E-state index in [4.69, 9.17) is 0 Å². The molecule has 14 nitrogen and oxygen atoms in total. The second kappa shape index (κ2) is 16.5. The van der Waals surface area contributed by atoms with Gasteiger partial charge in [0.05, 0.1) is 18.3 Å². The van der Waals surface area contributed by atoms with E-state index in [1.165, 1.54) is 6.92 Å². The summed E-state index contributed by atoms with van der Waals surface area (Å²) in [6.07, 6.45) is 10.1. The van der Waals surface area contributed by atoms with Gasteiger partial charge in [0, 0.05) is 12.6 Å². The lowest BCUT2D eigenvalue weighted by molar-refractivity contribution is -0.146. The molecule has 15 heteroatoms. The molecule has 0 aromatic carbocycles. The maximum atomic E-state index is 14.6. The summed E-state index contributed by atoms with van der Waals surface area (Å²) in [5.41, 5.74) is -0.792. The van der Waals surface area contributed by atoms with Gasteiger partial charge in [0.25, 0.3) is 5.91 Å². The van der Waals surface area contributed by atoms with Crippen LogP contribution < -0.4 is 26.0 Å². The van der Waals surface area contributed by atoms with Gasteiger partial charge in [-0.25, -0.2) is 13.1 Å². The number of rotatable bonds is 15. The highest BCUT2D eigenvalue weighted by Crippen LogP contribution is 2.43. The Labute approximate surface area is 296 Å². The molecule has 5 amide bonds. The van der Waals surface area contributed by atoms with Crippen LogP contribution in [0.1, 0.15) is 112 Å². The van der Waals surface area contributed by atoms with Gasteiger partial charge in [-0.2, -0.15) is 0 Å². The summed E-state index contributed by atoms with van der Waals surface area (Å²) in [7, 11) is -3.68. The van der Waals surface area contributed by atoms with E-state index in [0.29, 0.717) is 25.8 Å². The smallest absolute Gasteiger partial charge is 0.289 e. The Balaban J connectivity index is 1.56. The first-order valence-corrected chi connectivity index (χ1v) is 20.3. The van der Waals surface area contributed by atoms with Crippen LogP contribution in [-0.4, -0.2) is 97.7 Å². The number of carbonyl (C=O) groups is 6. The quantitative estimate of drug-likeness (QED) is 0.156. The number of amides is 5. The van der Waals surface area contributed by atoms with Crippen molar-refractivity contribution in [1.82, 2.24) is 30.9 Å². The molecule has 0 bridgehead atoms. The van der Waals surface area contributed by atoms with E-state index < -0.39 is 81.0 Å². The highest BCUT2D eigenvalue weighted by Gasteiger charge is 2.52. The van der Waals surface area contributed by atoms with E-state index in [1.807, 2.05) is 27.7 Å². The molecule has 5 N–H and O–H groups in total. The number of hydrogen-bond donors (Lipinski definition) is 5. The predicted octanol–water partition coefficient (Wildman–Crippen LogP) is 1.28. The van der Waals surface area contributed by atoms with Crippen LogP contribution in [-0.2, 0) is 38.8 Å². The molecule has 4 aliphatic rings. The van der Waals surface area contributed by atoms with Gasteiger partial charge in [0.2, 0.25) is 39.4 Å². The van der Waals surface area contributed by atoms with Crippen LogP contribution in [0.4, 0.5) is 0 Å². The summed E-state index contributed by atoms with van der Waals surface area (Å²) >= 11 is 0. The van der Waals surface area contributed by atoms with Gasteiger partial charge in [-0.05, 0) is 75.0 Å². The lowest BCUT2D eigenvalue weighted by Gasteiger charge is -2.38. The number of likely N-dealkylation sites (tertiary alicyclic amines) is 1. The Kier molecular flexibility index (Phi) is 13.1. The highest BCUT2D eigenvalue weighted by molar-refractivity contribution is 7.88. The molecular formula is C35H58N6O8S. The van der Waals surface area contributed by atoms with Gasteiger partial charge in [0.1, 0.15) is 18.1 Å². The van der Waals surface area contributed by atoms with Gasteiger partial charge >= 0.3 is 0 Å². The van der Waals surface area contributed by atoms with Crippen molar-refractivity contribution in [3.63, 3.8) is 0 Å². The largest absolute Gasteiger partial charge is 0.347 e. The Morgan fingerprint density at radius 2 is 1.50 bits per heavy atom. The van der Waals surface area contributed by atoms with E-state index in [2.05, 4.69) is 26.0 Å². The summed E-state index contributed by atoms with van der Waals surface area (Å²) in [6.45, 7) is 9.07. The molecule has 0 unspecified atom stereocenters. The topological polar surface area (TPSA) is 200 Å². The molecule has 0 aromatic heterocycles. The molecule has 1 saturated heterocycles. The molecule has 4 rings (SSSR count). The van der Waals surface area contributed by atoms with Crippen LogP contribution in [0.15, 0.2) is 0 Å². The van der Waals surface area contributed by atoms with Gasteiger partial charge in [-0.3, -0.25) is 28.8 Å². The van der Waals surface area contributed by atoms with Crippen molar-refractivity contribution in [3.05, 3.63) is 0 Å². The normalized spacial score (nSPS) is 25.1. The lowest BCUT2D eigenvalue weighted by Crippen LogP contribution is -2.63. The molecule has 0 radical (unpaired) electrons. The molecule has 7 atom stereocenters. The minimum Gasteiger partial charge on any atom is -0.347 e. The molecule has 3 saturated carbocycles. The van der Waals surface area contributed by atoms with Crippen LogP contribution >= 0.6 is 0 Å². The van der Waals surface area contributed by atoms with Crippen LogP contribution in [0.5, 0.6) is 0 Å². The average molecular weight is 723 g/mol. The predicted molar refractivity (Wildman–Crippen MR) is 187 cm³/mol. The van der Waals surface area contributed by atoms with Crippen molar-refractivity contribution in [2.75, 3.05) is 12.8 Å². The van der Waals surface area contributed by atoms with Gasteiger partial charge in [0.15, 0.2) is 0 Å². The van der Waals surface area contributed by atoms with Gasteiger partial charge in [-0.1, -0.05) is 59.8 Å². The maximum absolute atomic E-state index is 14.6. The van der Waals surface area contributed by atoms with E-state index in [0.717, 1.165) is 57.6 Å². The third-order valence-electron chi connectivity index (χ3n) is 10.7. The number of Topliss-reactive ketones (excluding diaryl/α,β-unsaturated/α-hetero) is 1. The fraction of sp³-hybridized carbons (Fsp3) is 0.829. The molecular weight excluding hydrogens is 664 g/mol. The number of sulfonamides is 1. The number of ketones is 1. The molecule has 282 valence electrons. The Bertz CT molecular complexity index is 1400. The summed E-state index contributed by atoms with van der Waals surface area (Å²) in [6, 6.07) is -5.06. The standard InChI is InChI=1S/C35H58N6O8S/c1-7-12-25(28(42)33(46)36-23-17-18-23)37-32(45)27-24-16-11-15-22(24)19-41(27)34(47)29(35(3,4)5)39-31(44)26(21-13-9-8-10-14-21)38-30(43)20(2)40-50(6,48)49/h20-27,29,40H,7-19H2,1-6H3,(H,36,46)(H,37,45)(H,38,43)(H,39,44)/t20-,22+,24+,25+,26+,27+,29-/m1/s1. The minimum atomic E-state index is -3.68. The fourth-order valence-electron chi connectivity index (χ4n) is 7.89. The Morgan fingerprint density at radius 1 is 0.840 bits per heavy atom. The third kappa shape index (κ3) is 10.3. The zero-order valence-corrected chi connectivity index (χ0v) is 31.3. The van der Waals surface area contributed by atoms with E-state index in [9.17, 15) is 37.2 Å².